The SMILES string of the molecule is CC1CCN(c2ccc(C(=O)Cc3ccc(Nc4ccc(CC(=O)c5cccn5C)cc4)c(Cl)c3)cc2)CC1. The van der Waals surface area contributed by atoms with Crippen LogP contribution in [0.15, 0.2) is 85.1 Å². The van der Waals surface area contributed by atoms with E-state index in [1.807, 2.05) is 84.5 Å². The molecule has 2 heterocycles. The third kappa shape index (κ3) is 6.61. The molecule has 0 atom stereocenters. The second kappa shape index (κ2) is 11.9. The predicted molar refractivity (Wildman–Crippen MR) is 160 cm³/mol. The molecule has 0 spiro atoms. The highest BCUT2D eigenvalue weighted by Gasteiger charge is 2.17. The third-order valence-corrected chi connectivity index (χ3v) is 7.88. The summed E-state index contributed by atoms with van der Waals surface area (Å²) in [6, 6.07) is 25.2. The third-order valence-electron chi connectivity index (χ3n) is 7.56. The summed E-state index contributed by atoms with van der Waals surface area (Å²) in [5.41, 5.74) is 6.07. The smallest absolute Gasteiger partial charge is 0.183 e. The van der Waals surface area contributed by atoms with Crippen molar-refractivity contribution in [3.63, 3.8) is 0 Å². The Labute approximate surface area is 235 Å². The van der Waals surface area contributed by atoms with Crippen molar-refractivity contribution in [1.29, 1.82) is 0 Å². The Balaban J connectivity index is 1.17. The van der Waals surface area contributed by atoms with Gasteiger partial charge in [0.15, 0.2) is 11.6 Å². The molecule has 4 aromatic rings. The van der Waals surface area contributed by atoms with E-state index in [0.29, 0.717) is 29.1 Å². The number of aromatic nitrogens is 1. The summed E-state index contributed by atoms with van der Waals surface area (Å²) >= 11 is 6.57. The fourth-order valence-corrected chi connectivity index (χ4v) is 5.32. The number of nitrogens with zero attached hydrogens (tertiary/aromatic N) is 2. The van der Waals surface area contributed by atoms with E-state index in [4.69, 9.17) is 11.6 Å². The molecule has 0 radical (unpaired) electrons. The lowest BCUT2D eigenvalue weighted by Crippen LogP contribution is -2.32. The first kappa shape index (κ1) is 26.8. The normalized spacial score (nSPS) is 13.9. The lowest BCUT2D eigenvalue weighted by Gasteiger charge is -2.32. The number of nitrogens with one attached hydrogen (secondary N) is 1. The Bertz CT molecular complexity index is 1450. The fourth-order valence-electron chi connectivity index (χ4n) is 5.07. The van der Waals surface area contributed by atoms with Crippen LogP contribution in [0.1, 0.15) is 51.7 Å². The lowest BCUT2D eigenvalue weighted by molar-refractivity contribution is 0.0980. The van der Waals surface area contributed by atoms with Crippen LogP contribution in [-0.4, -0.2) is 29.2 Å². The minimum Gasteiger partial charge on any atom is -0.372 e. The van der Waals surface area contributed by atoms with E-state index in [0.717, 1.165) is 41.5 Å². The zero-order chi connectivity index (χ0) is 27.4. The first-order chi connectivity index (χ1) is 18.9. The first-order valence-corrected chi connectivity index (χ1v) is 13.9. The number of benzene rings is 3. The molecule has 0 unspecified atom stereocenters. The number of halogens is 1. The summed E-state index contributed by atoms with van der Waals surface area (Å²) in [5.74, 6) is 0.952. The number of anilines is 3. The molecule has 1 aromatic heterocycles. The molecule has 3 aromatic carbocycles. The number of piperidine rings is 1. The number of aryl methyl sites for hydroxylation is 1. The Morgan fingerprint density at radius 3 is 2.18 bits per heavy atom. The van der Waals surface area contributed by atoms with Crippen molar-refractivity contribution in [3.05, 3.63) is 112 Å². The topological polar surface area (TPSA) is 54.3 Å². The van der Waals surface area contributed by atoms with E-state index in [-0.39, 0.29) is 11.6 Å². The Morgan fingerprint density at radius 1 is 0.872 bits per heavy atom. The number of carbonyl (C=O) groups is 2. The number of hydrogen-bond donors (Lipinski definition) is 1. The van der Waals surface area contributed by atoms with Crippen LogP contribution in [0.3, 0.4) is 0 Å². The molecular weight excluding hydrogens is 506 g/mol. The zero-order valence-corrected chi connectivity index (χ0v) is 23.2. The Morgan fingerprint density at radius 2 is 1.54 bits per heavy atom. The second-order valence-electron chi connectivity index (χ2n) is 10.6. The molecule has 0 aliphatic carbocycles. The predicted octanol–water partition coefficient (Wildman–Crippen LogP) is 7.51. The van der Waals surface area contributed by atoms with Crippen LogP contribution in [0, 0.1) is 5.92 Å². The molecule has 5 nitrogen and oxygen atoms in total. The first-order valence-electron chi connectivity index (χ1n) is 13.5. The number of carbonyl (C=O) groups excluding carboxylic acids is 2. The highest BCUT2D eigenvalue weighted by Crippen LogP contribution is 2.28. The van der Waals surface area contributed by atoms with Crippen molar-refractivity contribution < 1.29 is 9.59 Å². The number of hydrogen-bond acceptors (Lipinski definition) is 4. The Kier molecular flexibility index (Phi) is 8.18. The number of ketones is 2. The summed E-state index contributed by atoms with van der Waals surface area (Å²) in [5, 5.41) is 3.88. The van der Waals surface area contributed by atoms with Gasteiger partial charge < -0.3 is 14.8 Å². The molecule has 39 heavy (non-hydrogen) atoms. The van der Waals surface area contributed by atoms with Gasteiger partial charge in [-0.2, -0.15) is 0 Å². The van der Waals surface area contributed by atoms with Gasteiger partial charge >= 0.3 is 0 Å². The minimum absolute atomic E-state index is 0.0751. The zero-order valence-electron chi connectivity index (χ0n) is 22.5. The number of Topliss-reactive ketones (excluding diaryl/α,β-unsaturated/α-hetero) is 2. The van der Waals surface area contributed by atoms with Gasteiger partial charge in [0.05, 0.1) is 16.4 Å². The van der Waals surface area contributed by atoms with Gasteiger partial charge in [0, 0.05) is 56.1 Å². The molecule has 1 fully saturated rings. The fraction of sp³-hybridized carbons (Fsp3) is 0.273. The monoisotopic (exact) mass is 539 g/mol. The summed E-state index contributed by atoms with van der Waals surface area (Å²) in [6.45, 7) is 4.46. The van der Waals surface area contributed by atoms with E-state index in [1.54, 1.807) is 0 Å². The molecular formula is C33H34ClN3O2. The largest absolute Gasteiger partial charge is 0.372 e. The van der Waals surface area contributed by atoms with Crippen molar-refractivity contribution in [2.24, 2.45) is 13.0 Å². The second-order valence-corrected chi connectivity index (χ2v) is 11.0. The maximum atomic E-state index is 12.9. The van der Waals surface area contributed by atoms with E-state index in [1.165, 1.54) is 18.5 Å². The van der Waals surface area contributed by atoms with E-state index in [9.17, 15) is 9.59 Å². The quantitative estimate of drug-likeness (QED) is 0.224. The highest BCUT2D eigenvalue weighted by atomic mass is 35.5. The van der Waals surface area contributed by atoms with Crippen molar-refractivity contribution >= 4 is 40.2 Å². The van der Waals surface area contributed by atoms with Crippen molar-refractivity contribution in [2.75, 3.05) is 23.3 Å². The van der Waals surface area contributed by atoms with Gasteiger partial charge in [-0.3, -0.25) is 9.59 Å². The van der Waals surface area contributed by atoms with Gasteiger partial charge in [0.25, 0.3) is 0 Å². The minimum atomic E-state index is 0.0751. The van der Waals surface area contributed by atoms with Crippen LogP contribution in [-0.2, 0) is 19.9 Å². The standard InChI is InChI=1S/C33H34ClN3O2/c1-23-15-18-37(19-16-23)28-12-8-26(9-13-28)32(38)22-25-7-14-30(29(34)20-25)35-27-10-5-24(6-11-27)21-33(39)31-4-3-17-36(31)2/h3-14,17,20,23,35H,15-16,18-19,21-22H2,1-2H3. The van der Waals surface area contributed by atoms with Gasteiger partial charge in [-0.25, -0.2) is 0 Å². The van der Waals surface area contributed by atoms with Gasteiger partial charge in [0.1, 0.15) is 0 Å². The summed E-state index contributed by atoms with van der Waals surface area (Å²) < 4.78 is 1.84. The highest BCUT2D eigenvalue weighted by molar-refractivity contribution is 6.33. The maximum absolute atomic E-state index is 12.9. The molecule has 0 amide bonds. The molecule has 1 N–H and O–H groups in total. The molecule has 200 valence electrons. The molecule has 1 saturated heterocycles. The maximum Gasteiger partial charge on any atom is 0.183 e. The summed E-state index contributed by atoms with van der Waals surface area (Å²) in [7, 11) is 1.87. The molecule has 6 heteroatoms. The van der Waals surface area contributed by atoms with Crippen molar-refractivity contribution in [1.82, 2.24) is 4.57 Å². The number of rotatable bonds is 9. The van der Waals surface area contributed by atoms with Crippen LogP contribution < -0.4 is 10.2 Å². The van der Waals surface area contributed by atoms with Gasteiger partial charge in [-0.15, -0.1) is 0 Å². The van der Waals surface area contributed by atoms with Crippen LogP contribution in [0.5, 0.6) is 0 Å². The van der Waals surface area contributed by atoms with Crippen LogP contribution in [0.25, 0.3) is 0 Å². The van der Waals surface area contributed by atoms with Crippen LogP contribution in [0.4, 0.5) is 17.1 Å². The van der Waals surface area contributed by atoms with Gasteiger partial charge in [-0.1, -0.05) is 36.7 Å². The molecule has 1 aliphatic heterocycles. The van der Waals surface area contributed by atoms with Gasteiger partial charge in [0.2, 0.25) is 0 Å². The Hall–Kier alpha value is -3.83. The van der Waals surface area contributed by atoms with E-state index in [2.05, 4.69) is 29.3 Å². The molecule has 1 aliphatic rings. The van der Waals surface area contributed by atoms with E-state index < -0.39 is 0 Å². The van der Waals surface area contributed by atoms with E-state index >= 15 is 0 Å². The molecule has 0 saturated carbocycles. The average Bonchev–Trinajstić information content (AvgIpc) is 3.38. The van der Waals surface area contributed by atoms with Gasteiger partial charge in [-0.05, 0) is 90.6 Å². The summed E-state index contributed by atoms with van der Waals surface area (Å²) in [6.07, 6.45) is 4.95. The van der Waals surface area contributed by atoms with Crippen molar-refractivity contribution in [3.8, 4) is 0 Å². The average molecular weight is 540 g/mol. The summed E-state index contributed by atoms with van der Waals surface area (Å²) in [4.78, 5) is 27.9. The van der Waals surface area contributed by atoms with Crippen molar-refractivity contribution in [2.45, 2.75) is 32.6 Å². The van der Waals surface area contributed by atoms with Crippen LogP contribution in [0.2, 0.25) is 5.02 Å². The molecule has 0 bridgehead atoms. The van der Waals surface area contributed by atoms with Crippen LogP contribution >= 0.6 is 11.6 Å². The molecule has 5 rings (SSSR count). The lowest BCUT2D eigenvalue weighted by atomic mass is 9.98.